The Morgan fingerprint density at radius 1 is 1.47 bits per heavy atom. The number of nitrogens with one attached hydrogen (secondary N) is 1. The first-order valence-electron chi connectivity index (χ1n) is 6.20. The number of halogens is 2. The van der Waals surface area contributed by atoms with Crippen LogP contribution in [0.25, 0.3) is 0 Å². The molecule has 0 saturated carbocycles. The van der Waals surface area contributed by atoms with Crippen LogP contribution in [0.3, 0.4) is 0 Å². The molecule has 0 aliphatic carbocycles. The van der Waals surface area contributed by atoms with Crippen molar-refractivity contribution < 1.29 is 14.3 Å². The molecule has 1 aromatic rings. The first kappa shape index (κ1) is 15.7. The van der Waals surface area contributed by atoms with E-state index in [4.69, 9.17) is 16.7 Å². The van der Waals surface area contributed by atoms with Gasteiger partial charge >= 0.3 is 6.03 Å². The van der Waals surface area contributed by atoms with Crippen LogP contribution in [0.2, 0.25) is 5.02 Å². The molecular formula is C13H18ClFN2O2. The number of rotatable bonds is 6. The Labute approximate surface area is 117 Å². The minimum atomic E-state index is -0.583. The zero-order valence-electron chi connectivity index (χ0n) is 10.8. The van der Waals surface area contributed by atoms with E-state index in [1.807, 2.05) is 6.92 Å². The molecule has 1 aromatic carbocycles. The van der Waals surface area contributed by atoms with Crippen molar-refractivity contribution in [2.24, 2.45) is 0 Å². The van der Waals surface area contributed by atoms with Crippen molar-refractivity contribution in [2.45, 2.75) is 19.8 Å². The van der Waals surface area contributed by atoms with E-state index < -0.39 is 11.8 Å². The highest BCUT2D eigenvalue weighted by atomic mass is 35.5. The van der Waals surface area contributed by atoms with Crippen molar-refractivity contribution in [3.63, 3.8) is 0 Å². The Bertz CT molecular complexity index is 429. The predicted molar refractivity (Wildman–Crippen MR) is 74.0 cm³/mol. The zero-order chi connectivity index (χ0) is 14.3. The summed E-state index contributed by atoms with van der Waals surface area (Å²) in [6.07, 6.45) is 1.76. The van der Waals surface area contributed by atoms with Crippen molar-refractivity contribution in [1.82, 2.24) is 4.90 Å². The monoisotopic (exact) mass is 288 g/mol. The maximum absolute atomic E-state index is 13.5. The van der Waals surface area contributed by atoms with E-state index in [1.165, 1.54) is 17.0 Å². The summed E-state index contributed by atoms with van der Waals surface area (Å²) < 4.78 is 13.5. The van der Waals surface area contributed by atoms with Gasteiger partial charge in [0.15, 0.2) is 0 Å². The van der Waals surface area contributed by atoms with Gasteiger partial charge < -0.3 is 15.3 Å². The summed E-state index contributed by atoms with van der Waals surface area (Å²) in [5.41, 5.74) is 0.0776. The summed E-state index contributed by atoms with van der Waals surface area (Å²) in [6.45, 7) is 2.63. The molecule has 0 heterocycles. The third-order valence-corrected chi connectivity index (χ3v) is 2.85. The molecule has 0 spiro atoms. The van der Waals surface area contributed by atoms with Crippen molar-refractivity contribution >= 4 is 23.3 Å². The molecule has 0 fully saturated rings. The van der Waals surface area contributed by atoms with Crippen molar-refractivity contribution in [2.75, 3.05) is 25.0 Å². The van der Waals surface area contributed by atoms with Crippen LogP contribution in [-0.2, 0) is 0 Å². The molecule has 0 atom stereocenters. The number of aliphatic hydroxyl groups is 1. The number of unbranched alkanes of at least 4 members (excludes halogenated alkanes) is 1. The zero-order valence-corrected chi connectivity index (χ0v) is 11.6. The van der Waals surface area contributed by atoms with Gasteiger partial charge in [0.05, 0.1) is 12.3 Å². The summed E-state index contributed by atoms with van der Waals surface area (Å²) in [6, 6.07) is 3.62. The Hall–Kier alpha value is -1.33. The molecule has 2 amide bonds. The average Bonchev–Trinajstić information content (AvgIpc) is 2.37. The van der Waals surface area contributed by atoms with Crippen molar-refractivity contribution in [3.8, 4) is 0 Å². The number of benzene rings is 1. The molecule has 0 aliphatic rings. The van der Waals surface area contributed by atoms with E-state index in [2.05, 4.69) is 5.32 Å². The van der Waals surface area contributed by atoms with Gasteiger partial charge in [-0.3, -0.25) is 0 Å². The molecule has 6 heteroatoms. The number of hydrogen-bond acceptors (Lipinski definition) is 2. The summed E-state index contributed by atoms with van der Waals surface area (Å²) >= 11 is 5.64. The van der Waals surface area contributed by atoms with Gasteiger partial charge in [-0.2, -0.15) is 0 Å². The van der Waals surface area contributed by atoms with E-state index in [1.54, 1.807) is 0 Å². The number of carbonyl (C=O) groups is 1. The fourth-order valence-electron chi connectivity index (χ4n) is 1.57. The van der Waals surface area contributed by atoms with Gasteiger partial charge in [0.25, 0.3) is 0 Å². The number of nitrogens with zero attached hydrogens (tertiary/aromatic N) is 1. The molecule has 106 valence electrons. The van der Waals surface area contributed by atoms with Crippen LogP contribution in [0, 0.1) is 5.82 Å². The number of amides is 2. The van der Waals surface area contributed by atoms with Crippen LogP contribution in [0.5, 0.6) is 0 Å². The topological polar surface area (TPSA) is 52.6 Å². The Balaban J connectivity index is 2.69. The fraction of sp³-hybridized carbons (Fsp3) is 0.462. The SMILES string of the molecule is CCCCN(CCO)C(=O)Nc1ccc(Cl)cc1F. The normalized spacial score (nSPS) is 10.3. The molecule has 2 N–H and O–H groups in total. The van der Waals surface area contributed by atoms with Gasteiger partial charge in [-0.1, -0.05) is 24.9 Å². The van der Waals surface area contributed by atoms with Crippen molar-refractivity contribution in [1.29, 1.82) is 0 Å². The minimum Gasteiger partial charge on any atom is -0.395 e. The maximum Gasteiger partial charge on any atom is 0.322 e. The first-order chi connectivity index (χ1) is 9.08. The fourth-order valence-corrected chi connectivity index (χ4v) is 1.73. The van der Waals surface area contributed by atoms with E-state index >= 15 is 0 Å². The number of urea groups is 1. The molecule has 0 unspecified atom stereocenters. The molecule has 4 nitrogen and oxygen atoms in total. The lowest BCUT2D eigenvalue weighted by atomic mass is 10.3. The lowest BCUT2D eigenvalue weighted by molar-refractivity contribution is 0.187. The number of anilines is 1. The van der Waals surface area contributed by atoms with Gasteiger partial charge in [-0.25, -0.2) is 9.18 Å². The minimum absolute atomic E-state index is 0.0776. The quantitative estimate of drug-likeness (QED) is 0.845. The Morgan fingerprint density at radius 2 is 2.21 bits per heavy atom. The van der Waals surface area contributed by atoms with Crippen LogP contribution in [0.4, 0.5) is 14.9 Å². The predicted octanol–water partition coefficient (Wildman–Crippen LogP) is 3.11. The second kappa shape index (κ2) is 7.96. The van der Waals surface area contributed by atoms with Gasteiger partial charge in [0.2, 0.25) is 0 Å². The highest BCUT2D eigenvalue weighted by molar-refractivity contribution is 6.30. The largest absolute Gasteiger partial charge is 0.395 e. The van der Waals surface area contributed by atoms with Gasteiger partial charge in [-0.05, 0) is 24.6 Å². The molecule has 0 saturated heterocycles. The summed E-state index contributed by atoms with van der Waals surface area (Å²) in [5, 5.41) is 11.7. The van der Waals surface area contributed by atoms with Gasteiger partial charge in [-0.15, -0.1) is 0 Å². The van der Waals surface area contributed by atoms with Crippen LogP contribution >= 0.6 is 11.6 Å². The molecule has 0 radical (unpaired) electrons. The Kier molecular flexibility index (Phi) is 6.59. The van der Waals surface area contributed by atoms with E-state index in [0.717, 1.165) is 18.9 Å². The second-order valence-electron chi connectivity index (χ2n) is 4.12. The standard InChI is InChI=1S/C13H18ClFN2O2/c1-2-3-6-17(7-8-18)13(19)16-12-5-4-10(14)9-11(12)15/h4-5,9,18H,2-3,6-8H2,1H3,(H,16,19). The van der Waals surface area contributed by atoms with Crippen LogP contribution in [0.1, 0.15) is 19.8 Å². The highest BCUT2D eigenvalue weighted by Crippen LogP contribution is 2.19. The third kappa shape index (κ3) is 5.04. The van der Waals surface area contributed by atoms with Gasteiger partial charge in [0, 0.05) is 18.1 Å². The van der Waals surface area contributed by atoms with E-state index in [9.17, 15) is 9.18 Å². The smallest absolute Gasteiger partial charge is 0.322 e. The molecule has 0 bridgehead atoms. The lowest BCUT2D eigenvalue weighted by Crippen LogP contribution is -2.37. The second-order valence-corrected chi connectivity index (χ2v) is 4.55. The number of aliphatic hydroxyl groups excluding tert-OH is 1. The molecular weight excluding hydrogens is 271 g/mol. The number of hydrogen-bond donors (Lipinski definition) is 2. The third-order valence-electron chi connectivity index (χ3n) is 2.61. The average molecular weight is 289 g/mol. The van der Waals surface area contributed by atoms with Crippen LogP contribution in [-0.4, -0.2) is 35.7 Å². The van der Waals surface area contributed by atoms with Gasteiger partial charge in [0.1, 0.15) is 5.82 Å². The van der Waals surface area contributed by atoms with Crippen LogP contribution < -0.4 is 5.32 Å². The summed E-state index contributed by atoms with van der Waals surface area (Å²) in [7, 11) is 0. The van der Waals surface area contributed by atoms with Crippen molar-refractivity contribution in [3.05, 3.63) is 29.0 Å². The Morgan fingerprint density at radius 3 is 2.79 bits per heavy atom. The molecule has 1 rings (SSSR count). The maximum atomic E-state index is 13.5. The first-order valence-corrected chi connectivity index (χ1v) is 6.58. The summed E-state index contributed by atoms with van der Waals surface area (Å²) in [4.78, 5) is 13.4. The summed E-state index contributed by atoms with van der Waals surface area (Å²) in [5.74, 6) is -0.583. The molecule has 19 heavy (non-hydrogen) atoms. The lowest BCUT2D eigenvalue weighted by Gasteiger charge is -2.22. The number of carbonyl (C=O) groups excluding carboxylic acids is 1. The van der Waals surface area contributed by atoms with E-state index in [0.29, 0.717) is 6.54 Å². The van der Waals surface area contributed by atoms with E-state index in [-0.39, 0.29) is 23.9 Å². The highest BCUT2D eigenvalue weighted by Gasteiger charge is 2.14. The molecule has 0 aromatic heterocycles. The van der Waals surface area contributed by atoms with Crippen LogP contribution in [0.15, 0.2) is 18.2 Å². The molecule has 0 aliphatic heterocycles.